The number of carbonyl (C=O) groups excluding carboxylic acids is 1. The highest BCUT2D eigenvalue weighted by molar-refractivity contribution is 7.13. The first-order valence-corrected chi connectivity index (χ1v) is 9.91. The summed E-state index contributed by atoms with van der Waals surface area (Å²) in [6, 6.07) is 13.7. The quantitative estimate of drug-likeness (QED) is 0.656. The lowest BCUT2D eigenvalue weighted by Crippen LogP contribution is -2.29. The van der Waals surface area contributed by atoms with Crippen LogP contribution in [0.5, 0.6) is 0 Å². The number of thiazole rings is 1. The molecule has 0 spiro atoms. The van der Waals surface area contributed by atoms with E-state index in [1.165, 1.54) is 11.3 Å². The van der Waals surface area contributed by atoms with Crippen molar-refractivity contribution in [1.29, 1.82) is 5.26 Å². The van der Waals surface area contributed by atoms with Crippen molar-refractivity contribution in [1.82, 2.24) is 9.88 Å². The van der Waals surface area contributed by atoms with Gasteiger partial charge in [-0.15, -0.1) is 11.3 Å². The normalized spacial score (nSPS) is 13.6. The highest BCUT2D eigenvalue weighted by Gasteiger charge is 2.28. The van der Waals surface area contributed by atoms with Crippen LogP contribution in [0, 0.1) is 18.3 Å². The fourth-order valence-corrected chi connectivity index (χ4v) is 4.42. The summed E-state index contributed by atoms with van der Waals surface area (Å²) in [5.74, 6) is 0.0316. The minimum absolute atomic E-state index is 0.0316. The van der Waals surface area contributed by atoms with Crippen LogP contribution >= 0.6 is 11.3 Å². The first kappa shape index (κ1) is 17.4. The molecule has 4 nitrogen and oxygen atoms in total. The summed E-state index contributed by atoms with van der Waals surface area (Å²) >= 11 is 1.53. The molecule has 0 bridgehead atoms. The van der Waals surface area contributed by atoms with E-state index in [1.54, 1.807) is 12.3 Å². The molecule has 0 N–H and O–H groups in total. The van der Waals surface area contributed by atoms with Crippen LogP contribution in [-0.4, -0.2) is 28.9 Å². The lowest BCUT2D eigenvalue weighted by Gasteiger charge is -2.21. The third kappa shape index (κ3) is 3.13. The van der Waals surface area contributed by atoms with Crippen molar-refractivity contribution in [2.45, 2.75) is 19.8 Å². The van der Waals surface area contributed by atoms with Crippen LogP contribution in [0.15, 0.2) is 48.0 Å². The number of nitriles is 1. The van der Waals surface area contributed by atoms with E-state index in [0.717, 1.165) is 53.2 Å². The maximum Gasteiger partial charge on any atom is 0.255 e. The van der Waals surface area contributed by atoms with Gasteiger partial charge >= 0.3 is 0 Å². The lowest BCUT2D eigenvalue weighted by molar-refractivity contribution is 0.0794. The summed E-state index contributed by atoms with van der Waals surface area (Å²) in [4.78, 5) is 19.9. The molecule has 1 amide bonds. The van der Waals surface area contributed by atoms with E-state index in [4.69, 9.17) is 0 Å². The molecule has 1 saturated heterocycles. The molecule has 1 fully saturated rings. The monoisotopic (exact) mass is 373 g/mol. The fraction of sp³-hybridized carbons (Fsp3) is 0.227. The van der Waals surface area contributed by atoms with Gasteiger partial charge in [-0.25, -0.2) is 4.98 Å². The van der Waals surface area contributed by atoms with E-state index in [9.17, 15) is 10.1 Å². The molecule has 1 aliphatic heterocycles. The summed E-state index contributed by atoms with van der Waals surface area (Å²) in [6.45, 7) is 3.57. The van der Waals surface area contributed by atoms with Gasteiger partial charge in [0.2, 0.25) is 0 Å². The maximum atomic E-state index is 13.5. The van der Waals surface area contributed by atoms with Crippen molar-refractivity contribution >= 4 is 17.2 Å². The van der Waals surface area contributed by atoms with Crippen LogP contribution in [0.25, 0.3) is 21.7 Å². The topological polar surface area (TPSA) is 57.0 Å². The molecule has 0 radical (unpaired) electrons. The number of benzene rings is 2. The van der Waals surface area contributed by atoms with Gasteiger partial charge < -0.3 is 4.90 Å². The Bertz CT molecular complexity index is 1030. The average Bonchev–Trinajstić information content (AvgIpc) is 3.41. The molecule has 0 aliphatic carbocycles. The minimum atomic E-state index is 0.0316. The van der Waals surface area contributed by atoms with Crippen molar-refractivity contribution < 1.29 is 4.79 Å². The standard InChI is InChI=1S/C22H19N3OS/c1-15-8-9-18(17-7-3-2-6-16(17)14-23)20(19(15)21-24-10-13-27-21)22(26)25-11-4-5-12-25/h2-3,6-10,13H,4-5,11-12H2,1H3. The van der Waals surface area contributed by atoms with Crippen LogP contribution in [0.4, 0.5) is 0 Å². The number of amides is 1. The third-order valence-corrected chi connectivity index (χ3v) is 5.80. The SMILES string of the molecule is Cc1ccc(-c2ccccc2C#N)c(C(=O)N2CCCC2)c1-c1nccs1. The molecule has 1 aromatic heterocycles. The molecule has 5 heteroatoms. The number of aromatic nitrogens is 1. The van der Waals surface area contributed by atoms with Crippen LogP contribution in [0.3, 0.4) is 0 Å². The largest absolute Gasteiger partial charge is 0.339 e. The van der Waals surface area contributed by atoms with Gasteiger partial charge in [0.25, 0.3) is 5.91 Å². The van der Waals surface area contributed by atoms with Crippen molar-refractivity contribution in [2.75, 3.05) is 13.1 Å². The molecule has 0 unspecified atom stereocenters. The summed E-state index contributed by atoms with van der Waals surface area (Å²) in [7, 11) is 0. The van der Waals surface area contributed by atoms with Gasteiger partial charge in [0, 0.05) is 35.8 Å². The molecular formula is C22H19N3OS. The number of aryl methyl sites for hydroxylation is 1. The van der Waals surface area contributed by atoms with E-state index in [0.29, 0.717) is 11.1 Å². The second kappa shape index (κ2) is 7.34. The summed E-state index contributed by atoms with van der Waals surface area (Å²) < 4.78 is 0. The van der Waals surface area contributed by atoms with Gasteiger partial charge in [-0.05, 0) is 37.0 Å². The van der Waals surface area contributed by atoms with E-state index in [-0.39, 0.29) is 5.91 Å². The molecule has 0 atom stereocenters. The zero-order chi connectivity index (χ0) is 18.8. The Hall–Kier alpha value is -2.97. The Kier molecular flexibility index (Phi) is 4.74. The van der Waals surface area contributed by atoms with E-state index in [1.807, 2.05) is 47.5 Å². The maximum absolute atomic E-state index is 13.5. The average molecular weight is 373 g/mol. The molecule has 27 heavy (non-hydrogen) atoms. The summed E-state index contributed by atoms with van der Waals surface area (Å²) in [5, 5.41) is 12.3. The second-order valence-electron chi connectivity index (χ2n) is 6.67. The van der Waals surface area contributed by atoms with Crippen LogP contribution in [0.1, 0.15) is 34.3 Å². The molecule has 0 saturated carbocycles. The van der Waals surface area contributed by atoms with Gasteiger partial charge in [0.1, 0.15) is 5.01 Å². The molecule has 2 heterocycles. The van der Waals surface area contributed by atoms with Crippen molar-refractivity contribution in [2.24, 2.45) is 0 Å². The van der Waals surface area contributed by atoms with Crippen LogP contribution < -0.4 is 0 Å². The van der Waals surface area contributed by atoms with Gasteiger partial charge in [-0.2, -0.15) is 5.26 Å². The fourth-order valence-electron chi connectivity index (χ4n) is 3.67. The third-order valence-electron chi connectivity index (χ3n) is 5.00. The van der Waals surface area contributed by atoms with Gasteiger partial charge in [0.05, 0.1) is 17.2 Å². The zero-order valence-corrected chi connectivity index (χ0v) is 15.9. The number of likely N-dealkylation sites (tertiary alicyclic amines) is 1. The first-order chi connectivity index (χ1) is 13.2. The van der Waals surface area contributed by atoms with Gasteiger partial charge in [-0.3, -0.25) is 4.79 Å². The van der Waals surface area contributed by atoms with E-state index >= 15 is 0 Å². The number of rotatable bonds is 3. The molecule has 2 aromatic carbocycles. The molecular weight excluding hydrogens is 354 g/mol. The van der Waals surface area contributed by atoms with E-state index in [2.05, 4.69) is 11.1 Å². The first-order valence-electron chi connectivity index (χ1n) is 9.03. The summed E-state index contributed by atoms with van der Waals surface area (Å²) in [6.07, 6.45) is 3.84. The number of hydrogen-bond donors (Lipinski definition) is 0. The lowest BCUT2D eigenvalue weighted by atomic mass is 9.89. The Morgan fingerprint density at radius 2 is 1.93 bits per heavy atom. The summed E-state index contributed by atoms with van der Waals surface area (Å²) in [5.41, 5.74) is 4.73. The van der Waals surface area contributed by atoms with Crippen molar-refractivity contribution in [3.05, 3.63) is 64.7 Å². The van der Waals surface area contributed by atoms with Gasteiger partial charge in [-0.1, -0.05) is 30.3 Å². The molecule has 4 rings (SSSR count). The zero-order valence-electron chi connectivity index (χ0n) is 15.1. The highest BCUT2D eigenvalue weighted by Crippen LogP contribution is 2.38. The predicted molar refractivity (Wildman–Crippen MR) is 108 cm³/mol. The molecule has 134 valence electrons. The van der Waals surface area contributed by atoms with E-state index < -0.39 is 0 Å². The van der Waals surface area contributed by atoms with Gasteiger partial charge in [0.15, 0.2) is 0 Å². The van der Waals surface area contributed by atoms with Crippen LogP contribution in [-0.2, 0) is 0 Å². The highest BCUT2D eigenvalue weighted by atomic mass is 32.1. The predicted octanol–water partition coefficient (Wildman–Crippen LogP) is 4.89. The minimum Gasteiger partial charge on any atom is -0.339 e. The van der Waals surface area contributed by atoms with Crippen LogP contribution in [0.2, 0.25) is 0 Å². The number of hydrogen-bond acceptors (Lipinski definition) is 4. The molecule has 1 aliphatic rings. The number of nitrogens with zero attached hydrogens (tertiary/aromatic N) is 3. The Balaban J connectivity index is 2.01. The van der Waals surface area contributed by atoms with Crippen molar-refractivity contribution in [3.8, 4) is 27.8 Å². The Morgan fingerprint density at radius 1 is 1.15 bits per heavy atom. The number of carbonyl (C=O) groups is 1. The van der Waals surface area contributed by atoms with Crippen molar-refractivity contribution in [3.63, 3.8) is 0 Å². The Morgan fingerprint density at radius 3 is 2.63 bits per heavy atom. The smallest absolute Gasteiger partial charge is 0.255 e. The Labute approximate surface area is 162 Å². The second-order valence-corrected chi connectivity index (χ2v) is 7.57. The molecule has 3 aromatic rings.